The second-order valence-electron chi connectivity index (χ2n) is 5.68. The van der Waals surface area contributed by atoms with Crippen molar-refractivity contribution in [3.05, 3.63) is 64.1 Å². The first-order valence-corrected chi connectivity index (χ1v) is 8.80. The van der Waals surface area contributed by atoms with Crippen LogP contribution >= 0.6 is 23.2 Å². The number of nitrogens with zero attached hydrogens (tertiary/aromatic N) is 1. The maximum absolute atomic E-state index is 12.7. The molecule has 0 saturated heterocycles. The number of amides is 2. The van der Waals surface area contributed by atoms with Crippen molar-refractivity contribution >= 4 is 35.0 Å². The minimum Gasteiger partial charge on any atom is -0.484 e. The Morgan fingerprint density at radius 1 is 1.12 bits per heavy atom. The number of rotatable bonds is 7. The standard InChI is InChI=1S/C19H20Cl2N2O3/c1-13(19(25)22-2)23(11-14-4-3-5-16(21)10-14)18(24)12-26-17-8-6-15(20)7-9-17/h3-10,13H,11-12H2,1-2H3,(H,22,25). The topological polar surface area (TPSA) is 58.6 Å². The maximum atomic E-state index is 12.7. The highest BCUT2D eigenvalue weighted by molar-refractivity contribution is 6.30. The Kier molecular flexibility index (Phi) is 7.30. The molecule has 0 aliphatic rings. The highest BCUT2D eigenvalue weighted by atomic mass is 35.5. The fourth-order valence-electron chi connectivity index (χ4n) is 2.38. The Morgan fingerprint density at radius 3 is 2.42 bits per heavy atom. The summed E-state index contributed by atoms with van der Waals surface area (Å²) in [5.41, 5.74) is 0.827. The molecule has 0 aliphatic carbocycles. The van der Waals surface area contributed by atoms with Gasteiger partial charge in [-0.25, -0.2) is 0 Å². The van der Waals surface area contributed by atoms with Crippen molar-refractivity contribution in [3.63, 3.8) is 0 Å². The van der Waals surface area contributed by atoms with Crippen LogP contribution in [0.4, 0.5) is 0 Å². The Labute approximate surface area is 162 Å². The molecule has 2 aromatic carbocycles. The monoisotopic (exact) mass is 394 g/mol. The van der Waals surface area contributed by atoms with Crippen LogP contribution in [-0.2, 0) is 16.1 Å². The predicted octanol–water partition coefficient (Wildman–Crippen LogP) is 3.54. The van der Waals surface area contributed by atoms with E-state index in [0.717, 1.165) is 5.56 Å². The van der Waals surface area contributed by atoms with E-state index in [2.05, 4.69) is 5.32 Å². The van der Waals surface area contributed by atoms with Gasteiger partial charge >= 0.3 is 0 Å². The summed E-state index contributed by atoms with van der Waals surface area (Å²) in [5.74, 6) is -0.0408. The van der Waals surface area contributed by atoms with Crippen LogP contribution in [0.3, 0.4) is 0 Å². The smallest absolute Gasteiger partial charge is 0.261 e. The predicted molar refractivity (Wildman–Crippen MR) is 102 cm³/mol. The molecule has 2 rings (SSSR count). The van der Waals surface area contributed by atoms with Gasteiger partial charge in [-0.3, -0.25) is 9.59 Å². The van der Waals surface area contributed by atoms with Gasteiger partial charge in [0.15, 0.2) is 6.61 Å². The summed E-state index contributed by atoms with van der Waals surface area (Å²) in [6.07, 6.45) is 0. The van der Waals surface area contributed by atoms with E-state index in [4.69, 9.17) is 27.9 Å². The molecule has 0 bridgehead atoms. The summed E-state index contributed by atoms with van der Waals surface area (Å²) in [7, 11) is 1.53. The van der Waals surface area contributed by atoms with E-state index >= 15 is 0 Å². The van der Waals surface area contributed by atoms with Crippen LogP contribution in [0.15, 0.2) is 48.5 Å². The Morgan fingerprint density at radius 2 is 1.81 bits per heavy atom. The molecular formula is C19H20Cl2N2O3. The Bertz CT molecular complexity index is 766. The molecule has 0 aromatic heterocycles. The number of nitrogens with one attached hydrogen (secondary N) is 1. The lowest BCUT2D eigenvalue weighted by Crippen LogP contribution is -2.48. The molecule has 2 aromatic rings. The van der Waals surface area contributed by atoms with Gasteiger partial charge in [0.25, 0.3) is 5.91 Å². The molecule has 2 amide bonds. The van der Waals surface area contributed by atoms with E-state index in [1.807, 2.05) is 6.07 Å². The summed E-state index contributed by atoms with van der Waals surface area (Å²) in [5, 5.41) is 3.72. The average molecular weight is 395 g/mol. The number of hydrogen-bond acceptors (Lipinski definition) is 3. The second-order valence-corrected chi connectivity index (χ2v) is 6.56. The van der Waals surface area contributed by atoms with Gasteiger partial charge < -0.3 is 15.0 Å². The molecule has 0 heterocycles. The van der Waals surface area contributed by atoms with Crippen molar-refractivity contribution in [1.29, 1.82) is 0 Å². The van der Waals surface area contributed by atoms with E-state index in [-0.39, 0.29) is 25.0 Å². The molecule has 5 nitrogen and oxygen atoms in total. The van der Waals surface area contributed by atoms with Crippen LogP contribution in [0.25, 0.3) is 0 Å². The number of benzene rings is 2. The molecule has 26 heavy (non-hydrogen) atoms. The summed E-state index contributed by atoms with van der Waals surface area (Å²) in [4.78, 5) is 26.2. The molecular weight excluding hydrogens is 375 g/mol. The minimum absolute atomic E-state index is 0.191. The Balaban J connectivity index is 2.12. The van der Waals surface area contributed by atoms with Crippen LogP contribution in [-0.4, -0.2) is 36.4 Å². The van der Waals surface area contributed by atoms with E-state index in [1.165, 1.54) is 11.9 Å². The summed E-state index contributed by atoms with van der Waals surface area (Å²) >= 11 is 11.8. The minimum atomic E-state index is -0.653. The zero-order valence-electron chi connectivity index (χ0n) is 14.5. The van der Waals surface area contributed by atoms with Crippen molar-refractivity contribution in [2.45, 2.75) is 19.5 Å². The molecule has 0 fully saturated rings. The summed E-state index contributed by atoms with van der Waals surface area (Å²) in [6.45, 7) is 1.73. The molecule has 1 N–H and O–H groups in total. The highest BCUT2D eigenvalue weighted by Gasteiger charge is 2.25. The number of carbonyl (C=O) groups is 2. The van der Waals surface area contributed by atoms with E-state index in [9.17, 15) is 9.59 Å². The van der Waals surface area contributed by atoms with Crippen LogP contribution in [0.5, 0.6) is 5.75 Å². The molecule has 1 unspecified atom stereocenters. The molecule has 0 spiro atoms. The van der Waals surface area contributed by atoms with Crippen LogP contribution < -0.4 is 10.1 Å². The first-order chi connectivity index (χ1) is 12.4. The van der Waals surface area contributed by atoms with Gasteiger partial charge in [0.05, 0.1) is 0 Å². The lowest BCUT2D eigenvalue weighted by molar-refractivity contribution is -0.142. The molecule has 0 radical (unpaired) electrons. The second kappa shape index (κ2) is 9.46. The van der Waals surface area contributed by atoms with Gasteiger partial charge in [0.2, 0.25) is 5.91 Å². The summed E-state index contributed by atoms with van der Waals surface area (Å²) < 4.78 is 5.52. The Hall–Kier alpha value is -2.24. The van der Waals surface area contributed by atoms with Crippen molar-refractivity contribution in [3.8, 4) is 5.75 Å². The SMILES string of the molecule is CNC(=O)C(C)N(Cc1cccc(Cl)c1)C(=O)COc1ccc(Cl)cc1. The first kappa shape index (κ1) is 20.1. The average Bonchev–Trinajstić information content (AvgIpc) is 2.64. The largest absolute Gasteiger partial charge is 0.484 e. The zero-order valence-corrected chi connectivity index (χ0v) is 16.1. The van der Waals surface area contributed by atoms with Gasteiger partial charge in [-0.05, 0) is 48.9 Å². The zero-order chi connectivity index (χ0) is 19.1. The van der Waals surface area contributed by atoms with Crippen molar-refractivity contribution in [2.75, 3.05) is 13.7 Å². The van der Waals surface area contributed by atoms with E-state index < -0.39 is 6.04 Å². The number of hydrogen-bond donors (Lipinski definition) is 1. The van der Waals surface area contributed by atoms with E-state index in [1.54, 1.807) is 49.4 Å². The molecule has 138 valence electrons. The number of halogens is 2. The van der Waals surface area contributed by atoms with Crippen LogP contribution in [0, 0.1) is 0 Å². The van der Waals surface area contributed by atoms with Crippen molar-refractivity contribution < 1.29 is 14.3 Å². The number of ether oxygens (including phenoxy) is 1. The maximum Gasteiger partial charge on any atom is 0.261 e. The lowest BCUT2D eigenvalue weighted by atomic mass is 10.1. The molecule has 0 saturated carbocycles. The van der Waals surface area contributed by atoms with Gasteiger partial charge in [-0.1, -0.05) is 35.3 Å². The first-order valence-electron chi connectivity index (χ1n) is 8.04. The normalized spacial score (nSPS) is 11.5. The van der Waals surface area contributed by atoms with Crippen LogP contribution in [0.2, 0.25) is 10.0 Å². The summed E-state index contributed by atoms with van der Waals surface area (Å²) in [6, 6.07) is 13.2. The third kappa shape index (κ3) is 5.64. The van der Waals surface area contributed by atoms with Gasteiger partial charge in [0, 0.05) is 23.6 Å². The molecule has 1 atom stereocenters. The number of carbonyl (C=O) groups excluding carboxylic acids is 2. The van der Waals surface area contributed by atoms with Gasteiger partial charge in [-0.2, -0.15) is 0 Å². The lowest BCUT2D eigenvalue weighted by Gasteiger charge is -2.28. The van der Waals surface area contributed by atoms with Gasteiger partial charge in [-0.15, -0.1) is 0 Å². The molecule has 7 heteroatoms. The van der Waals surface area contributed by atoms with Crippen LogP contribution in [0.1, 0.15) is 12.5 Å². The van der Waals surface area contributed by atoms with E-state index in [0.29, 0.717) is 15.8 Å². The fourth-order valence-corrected chi connectivity index (χ4v) is 2.72. The van der Waals surface area contributed by atoms with Crippen molar-refractivity contribution in [2.24, 2.45) is 0 Å². The quantitative estimate of drug-likeness (QED) is 0.780. The highest BCUT2D eigenvalue weighted by Crippen LogP contribution is 2.17. The molecule has 0 aliphatic heterocycles. The third-order valence-corrected chi connectivity index (χ3v) is 4.32. The number of likely N-dealkylation sites (N-methyl/N-ethyl adjacent to an activating group) is 1. The third-order valence-electron chi connectivity index (χ3n) is 3.83. The fraction of sp³-hybridized carbons (Fsp3) is 0.263. The van der Waals surface area contributed by atoms with Crippen molar-refractivity contribution in [1.82, 2.24) is 10.2 Å². The van der Waals surface area contributed by atoms with Gasteiger partial charge in [0.1, 0.15) is 11.8 Å².